The van der Waals surface area contributed by atoms with Crippen LogP contribution in [0.4, 0.5) is 0 Å². The fourth-order valence-corrected chi connectivity index (χ4v) is 2.21. The monoisotopic (exact) mass is 336 g/mol. The number of aliphatic hydroxyl groups is 5. The van der Waals surface area contributed by atoms with Gasteiger partial charge in [0.25, 0.3) is 0 Å². The van der Waals surface area contributed by atoms with E-state index >= 15 is 0 Å². The van der Waals surface area contributed by atoms with Crippen molar-refractivity contribution in [1.29, 1.82) is 0 Å². The lowest BCUT2D eigenvalue weighted by Gasteiger charge is -2.28. The second-order valence-electron chi connectivity index (χ2n) is 5.93. The van der Waals surface area contributed by atoms with E-state index in [2.05, 4.69) is 6.92 Å². The van der Waals surface area contributed by atoms with Crippen molar-refractivity contribution in [2.75, 3.05) is 20.2 Å². The van der Waals surface area contributed by atoms with Gasteiger partial charge < -0.3 is 30.4 Å². The first-order chi connectivity index (χ1) is 11.4. The van der Waals surface area contributed by atoms with Crippen molar-refractivity contribution in [1.82, 2.24) is 4.90 Å². The van der Waals surface area contributed by atoms with Gasteiger partial charge in [-0.25, -0.2) is 0 Å². The molecule has 0 fully saturated rings. The maximum absolute atomic E-state index is 12.0. The van der Waals surface area contributed by atoms with Gasteiger partial charge in [-0.3, -0.25) is 4.79 Å². The Bertz CT molecular complexity index is 334. The van der Waals surface area contributed by atoms with Crippen LogP contribution in [0, 0.1) is 0 Å². The molecule has 7 heteroatoms. The Morgan fingerprint density at radius 1 is 1.00 bits per heavy atom. The molecular formula is C16H33NO6. The zero-order valence-electron chi connectivity index (χ0n) is 15.0. The Kier molecular flexibility index (Phi) is 11.2. The number of carbonyl (C=O) groups is 1. The number of nitrogens with zero attached hydrogens (tertiary/aromatic N) is 1. The van der Waals surface area contributed by atoms with Gasteiger partial charge in [0.2, 0.25) is 5.91 Å². The lowest BCUT2D eigenvalue weighted by atomic mass is 10.0. The van der Waals surface area contributed by atoms with Crippen LogP contribution in [0.3, 0.4) is 0 Å². The molecule has 0 bridgehead atoms. The van der Waals surface area contributed by atoms with Crippen LogP contribution in [0.5, 0.6) is 0 Å². The Hall–Kier alpha value is -0.730. The maximum atomic E-state index is 12.0. The smallest absolute Gasteiger partial charge is 0.222 e. The normalized spacial score (nSPS) is 17.2. The predicted octanol–water partition coefficient (Wildman–Crippen LogP) is -0.369. The van der Waals surface area contributed by atoms with E-state index in [-0.39, 0.29) is 25.9 Å². The summed E-state index contributed by atoms with van der Waals surface area (Å²) in [5.74, 6) is -0.288. The summed E-state index contributed by atoms with van der Waals surface area (Å²) in [6.45, 7) is 1.06. The average Bonchev–Trinajstić information content (AvgIpc) is 2.59. The molecule has 0 rings (SSSR count). The summed E-state index contributed by atoms with van der Waals surface area (Å²) in [5, 5.41) is 47.2. The van der Waals surface area contributed by atoms with Crippen molar-refractivity contribution in [3.8, 4) is 0 Å². The number of carbonyl (C=O) groups excluding carboxylic acids is 1. The molecule has 0 aromatic heterocycles. The number of amides is 1. The summed E-state index contributed by atoms with van der Waals surface area (Å²) in [6.07, 6.45) is -0.0883. The molecule has 0 radical (unpaired) electrons. The summed E-state index contributed by atoms with van der Waals surface area (Å²) in [7, 11) is -0.364. The van der Waals surface area contributed by atoms with E-state index in [1.807, 2.05) is 0 Å². The summed E-state index contributed by atoms with van der Waals surface area (Å²) in [6, 6.07) is 0. The molecule has 4 atom stereocenters. The molecule has 0 saturated heterocycles. The van der Waals surface area contributed by atoms with Crippen molar-refractivity contribution in [2.45, 2.75) is 76.3 Å². The minimum absolute atomic E-state index is 0.273. The first kappa shape index (κ1) is 20.3. The van der Waals surface area contributed by atoms with Crippen LogP contribution in [0.15, 0.2) is 0 Å². The van der Waals surface area contributed by atoms with Gasteiger partial charge in [0, 0.05) is 21.4 Å². The molecule has 5 N–H and O–H groups in total. The number of hydrogen-bond acceptors (Lipinski definition) is 6. The lowest BCUT2D eigenvalue weighted by molar-refractivity contribution is -0.138. The first-order valence-corrected chi connectivity index (χ1v) is 8.29. The highest BCUT2D eigenvalue weighted by Gasteiger charge is 2.31. The Balaban J connectivity index is 4.25. The molecule has 0 heterocycles. The van der Waals surface area contributed by atoms with Gasteiger partial charge in [-0.05, 0) is 6.42 Å². The number of unbranched alkanes of at least 4 members (excludes halogenated alkanes) is 5. The lowest BCUT2D eigenvalue weighted by Crippen LogP contribution is -2.49. The molecule has 0 unspecified atom stereocenters. The molecule has 0 aromatic rings. The van der Waals surface area contributed by atoms with Crippen molar-refractivity contribution < 1.29 is 31.7 Å². The molecule has 0 aliphatic heterocycles. The third-order valence-corrected chi connectivity index (χ3v) is 3.83. The second-order valence-corrected chi connectivity index (χ2v) is 5.93. The second kappa shape index (κ2) is 12.7. The molecule has 0 saturated carbocycles. The summed E-state index contributed by atoms with van der Waals surface area (Å²) in [4.78, 5) is 13.1. The fourth-order valence-electron chi connectivity index (χ4n) is 2.21. The van der Waals surface area contributed by atoms with Crippen molar-refractivity contribution in [2.24, 2.45) is 0 Å². The van der Waals surface area contributed by atoms with Gasteiger partial charge in [0.1, 0.15) is 24.4 Å². The SMILES string of the molecule is [2H]CN(C[C@H](O)[C@@H](O)[C@H](O)[C@H](O)CO)C(=O)CCCCCCCC. The van der Waals surface area contributed by atoms with Crippen molar-refractivity contribution in [3.63, 3.8) is 0 Å². The molecule has 0 aliphatic carbocycles. The zero-order chi connectivity index (χ0) is 18.5. The minimum Gasteiger partial charge on any atom is -0.394 e. The van der Waals surface area contributed by atoms with Crippen LogP contribution in [-0.4, -0.2) is 80.9 Å². The Morgan fingerprint density at radius 2 is 1.57 bits per heavy atom. The highest BCUT2D eigenvalue weighted by Crippen LogP contribution is 2.10. The van der Waals surface area contributed by atoms with Gasteiger partial charge in [-0.1, -0.05) is 39.0 Å². The van der Waals surface area contributed by atoms with Crippen LogP contribution in [-0.2, 0) is 4.79 Å². The summed E-state index contributed by atoms with van der Waals surface area (Å²) < 4.78 is 7.38. The van der Waals surface area contributed by atoms with Gasteiger partial charge in [-0.2, -0.15) is 0 Å². The molecule has 1 amide bonds. The van der Waals surface area contributed by atoms with Crippen LogP contribution < -0.4 is 0 Å². The highest BCUT2D eigenvalue weighted by atomic mass is 16.4. The molecule has 0 spiro atoms. The van der Waals surface area contributed by atoms with Gasteiger partial charge in [-0.15, -0.1) is 0 Å². The summed E-state index contributed by atoms with van der Waals surface area (Å²) >= 11 is 0. The largest absolute Gasteiger partial charge is 0.394 e. The predicted molar refractivity (Wildman–Crippen MR) is 86.7 cm³/mol. The number of likely N-dealkylation sites (N-methyl/N-ethyl adjacent to an activating group) is 1. The third kappa shape index (κ3) is 9.22. The fraction of sp³-hybridized carbons (Fsp3) is 0.938. The van der Waals surface area contributed by atoms with E-state index < -0.39 is 31.0 Å². The first-order valence-electron chi connectivity index (χ1n) is 8.99. The van der Waals surface area contributed by atoms with Crippen molar-refractivity contribution >= 4 is 5.91 Å². The van der Waals surface area contributed by atoms with Gasteiger partial charge >= 0.3 is 0 Å². The zero-order valence-corrected chi connectivity index (χ0v) is 14.0. The topological polar surface area (TPSA) is 121 Å². The van der Waals surface area contributed by atoms with E-state index in [4.69, 9.17) is 6.48 Å². The average molecular weight is 336 g/mol. The summed E-state index contributed by atoms with van der Waals surface area (Å²) in [5.41, 5.74) is 0. The molecule has 0 aliphatic rings. The van der Waals surface area contributed by atoms with Crippen molar-refractivity contribution in [3.05, 3.63) is 0 Å². The standard InChI is InChI=1S/C16H33NO6/c1-3-4-5-6-7-8-9-14(21)17(2)10-12(19)15(22)16(23)13(20)11-18/h12-13,15-16,18-20,22-23H,3-11H2,1-2H3/t12-,13+,15+,16+/m0/s1/i2D. The minimum atomic E-state index is -1.73. The molecule has 0 aromatic carbocycles. The molecule has 7 nitrogen and oxygen atoms in total. The van der Waals surface area contributed by atoms with Gasteiger partial charge in [0.05, 0.1) is 6.61 Å². The maximum Gasteiger partial charge on any atom is 0.222 e. The highest BCUT2D eigenvalue weighted by molar-refractivity contribution is 5.75. The Labute approximate surface area is 140 Å². The van der Waals surface area contributed by atoms with E-state index in [1.54, 1.807) is 0 Å². The number of hydrogen-bond donors (Lipinski definition) is 5. The van der Waals surface area contributed by atoms with Crippen LogP contribution in [0.2, 0.25) is 0 Å². The van der Waals surface area contributed by atoms with E-state index in [0.717, 1.165) is 30.6 Å². The van der Waals surface area contributed by atoms with E-state index in [1.165, 1.54) is 6.42 Å². The number of aliphatic hydroxyl groups excluding tert-OH is 5. The van der Waals surface area contributed by atoms with Crippen LogP contribution in [0.1, 0.15) is 53.2 Å². The Morgan fingerprint density at radius 3 is 2.13 bits per heavy atom. The number of rotatable bonds is 13. The van der Waals surface area contributed by atoms with Crippen LogP contribution in [0.25, 0.3) is 0 Å². The van der Waals surface area contributed by atoms with E-state index in [0.29, 0.717) is 6.42 Å². The molecule has 138 valence electrons. The third-order valence-electron chi connectivity index (χ3n) is 3.83. The molecule has 23 heavy (non-hydrogen) atoms. The molecular weight excluding hydrogens is 302 g/mol. The quantitative estimate of drug-likeness (QED) is 0.293. The van der Waals surface area contributed by atoms with Gasteiger partial charge in [0.15, 0.2) is 0 Å². The van der Waals surface area contributed by atoms with Crippen LogP contribution >= 0.6 is 0 Å². The van der Waals surface area contributed by atoms with E-state index in [9.17, 15) is 25.2 Å².